The van der Waals surface area contributed by atoms with Crippen molar-refractivity contribution in [2.24, 2.45) is 17.8 Å². The molecular formula is C13H24O2. The fraction of sp³-hybridized carbons (Fsp3) is 0.923. The zero-order chi connectivity index (χ0) is 11.4. The Bertz CT molecular complexity index is 211. The van der Waals surface area contributed by atoms with Crippen molar-refractivity contribution in [1.82, 2.24) is 0 Å². The topological polar surface area (TPSA) is 37.3 Å². The number of hydrogen-bond acceptors (Lipinski definition) is 2. The highest BCUT2D eigenvalue weighted by atomic mass is 16.3. The van der Waals surface area contributed by atoms with Gasteiger partial charge in [0.25, 0.3) is 0 Å². The molecule has 2 nitrogen and oxygen atoms in total. The van der Waals surface area contributed by atoms with Gasteiger partial charge < -0.3 is 5.11 Å². The van der Waals surface area contributed by atoms with Crippen LogP contribution in [0.2, 0.25) is 0 Å². The van der Waals surface area contributed by atoms with Crippen molar-refractivity contribution in [1.29, 1.82) is 0 Å². The summed E-state index contributed by atoms with van der Waals surface area (Å²) in [6.45, 7) is 6.32. The molecule has 88 valence electrons. The van der Waals surface area contributed by atoms with Crippen LogP contribution in [0.15, 0.2) is 0 Å². The summed E-state index contributed by atoms with van der Waals surface area (Å²) >= 11 is 0. The van der Waals surface area contributed by atoms with Crippen LogP contribution in [0.4, 0.5) is 0 Å². The quantitative estimate of drug-likeness (QED) is 0.761. The third-order valence-electron chi connectivity index (χ3n) is 3.44. The van der Waals surface area contributed by atoms with Gasteiger partial charge in [0.2, 0.25) is 0 Å². The van der Waals surface area contributed by atoms with E-state index in [1.807, 2.05) is 0 Å². The molecule has 1 aliphatic rings. The first-order valence-electron chi connectivity index (χ1n) is 6.18. The maximum absolute atomic E-state index is 11.6. The standard InChI is InChI=1S/C13H24O2/c1-9(2)6-13(15)7-10(3)11-4-5-12(14)8-11/h9-12,14H,4-8H2,1-3H3/t10-,11-,12+/m1/s1. The third kappa shape index (κ3) is 4.33. The van der Waals surface area contributed by atoms with E-state index in [0.717, 1.165) is 19.3 Å². The van der Waals surface area contributed by atoms with Gasteiger partial charge in [-0.2, -0.15) is 0 Å². The fourth-order valence-electron chi connectivity index (χ4n) is 2.57. The molecule has 1 N–H and O–H groups in total. The molecular weight excluding hydrogens is 188 g/mol. The molecule has 0 heterocycles. The Balaban J connectivity index is 2.29. The minimum Gasteiger partial charge on any atom is -0.393 e. The van der Waals surface area contributed by atoms with E-state index in [0.29, 0.717) is 36.4 Å². The molecule has 1 saturated carbocycles. The Morgan fingerprint density at radius 2 is 1.93 bits per heavy atom. The molecule has 0 unspecified atom stereocenters. The molecule has 0 spiro atoms. The monoisotopic (exact) mass is 212 g/mol. The van der Waals surface area contributed by atoms with Crippen LogP contribution < -0.4 is 0 Å². The van der Waals surface area contributed by atoms with Crippen molar-refractivity contribution >= 4 is 5.78 Å². The summed E-state index contributed by atoms with van der Waals surface area (Å²) in [6, 6.07) is 0. The van der Waals surface area contributed by atoms with Gasteiger partial charge in [-0.05, 0) is 37.0 Å². The molecule has 0 bridgehead atoms. The SMILES string of the molecule is CC(C)CC(=O)C[C@@H](C)[C@@H]1CC[C@H](O)C1. The van der Waals surface area contributed by atoms with Crippen molar-refractivity contribution < 1.29 is 9.90 Å². The smallest absolute Gasteiger partial charge is 0.133 e. The Labute approximate surface area is 93.1 Å². The van der Waals surface area contributed by atoms with E-state index in [4.69, 9.17) is 0 Å². The van der Waals surface area contributed by atoms with Crippen molar-refractivity contribution in [2.45, 2.75) is 59.0 Å². The number of aliphatic hydroxyl groups excluding tert-OH is 1. The summed E-state index contributed by atoms with van der Waals surface area (Å²) in [5.41, 5.74) is 0. The molecule has 15 heavy (non-hydrogen) atoms. The average Bonchev–Trinajstić information content (AvgIpc) is 2.49. The van der Waals surface area contributed by atoms with Gasteiger partial charge in [0.05, 0.1) is 6.10 Å². The molecule has 0 aromatic heterocycles. The molecule has 1 fully saturated rings. The van der Waals surface area contributed by atoms with Gasteiger partial charge in [0.15, 0.2) is 0 Å². The summed E-state index contributed by atoms with van der Waals surface area (Å²) in [7, 11) is 0. The molecule has 0 saturated heterocycles. The van der Waals surface area contributed by atoms with Gasteiger partial charge in [0.1, 0.15) is 5.78 Å². The van der Waals surface area contributed by atoms with Crippen molar-refractivity contribution in [2.75, 3.05) is 0 Å². The lowest BCUT2D eigenvalue weighted by molar-refractivity contribution is -0.120. The van der Waals surface area contributed by atoms with Crippen molar-refractivity contribution in [3.8, 4) is 0 Å². The lowest BCUT2D eigenvalue weighted by atomic mass is 9.87. The first-order chi connectivity index (χ1) is 6.99. The Morgan fingerprint density at radius 3 is 2.40 bits per heavy atom. The number of rotatable bonds is 5. The molecule has 2 heteroatoms. The van der Waals surface area contributed by atoms with Crippen LogP contribution in [0.5, 0.6) is 0 Å². The molecule has 0 aliphatic heterocycles. The largest absolute Gasteiger partial charge is 0.393 e. The molecule has 1 rings (SSSR count). The number of aliphatic hydroxyl groups is 1. The van der Waals surface area contributed by atoms with E-state index in [1.165, 1.54) is 0 Å². The summed E-state index contributed by atoms with van der Waals surface area (Å²) in [5, 5.41) is 9.44. The zero-order valence-corrected chi connectivity index (χ0v) is 10.2. The second kappa shape index (κ2) is 5.64. The number of carbonyl (C=O) groups is 1. The summed E-state index contributed by atoms with van der Waals surface area (Å²) in [5.74, 6) is 1.88. The fourth-order valence-corrected chi connectivity index (χ4v) is 2.57. The van der Waals surface area contributed by atoms with E-state index >= 15 is 0 Å². The molecule has 0 aromatic rings. The van der Waals surface area contributed by atoms with Crippen LogP contribution in [0, 0.1) is 17.8 Å². The molecule has 3 atom stereocenters. The van der Waals surface area contributed by atoms with Crippen molar-refractivity contribution in [3.63, 3.8) is 0 Å². The minimum atomic E-state index is -0.113. The maximum atomic E-state index is 11.6. The van der Waals surface area contributed by atoms with Crippen LogP contribution in [-0.2, 0) is 4.79 Å². The summed E-state index contributed by atoms with van der Waals surface area (Å²) < 4.78 is 0. The number of hydrogen-bond donors (Lipinski definition) is 1. The van der Waals surface area contributed by atoms with Gasteiger partial charge in [-0.3, -0.25) is 4.79 Å². The first-order valence-corrected chi connectivity index (χ1v) is 6.18. The highest BCUT2D eigenvalue weighted by Gasteiger charge is 2.28. The van der Waals surface area contributed by atoms with Crippen LogP contribution in [-0.4, -0.2) is 17.0 Å². The molecule has 0 aromatic carbocycles. The van der Waals surface area contributed by atoms with E-state index < -0.39 is 0 Å². The number of carbonyl (C=O) groups excluding carboxylic acids is 1. The van der Waals surface area contributed by atoms with Crippen molar-refractivity contribution in [3.05, 3.63) is 0 Å². The van der Waals surface area contributed by atoms with Crippen LogP contribution >= 0.6 is 0 Å². The highest BCUT2D eigenvalue weighted by molar-refractivity contribution is 5.78. The van der Waals surface area contributed by atoms with E-state index in [1.54, 1.807) is 0 Å². The maximum Gasteiger partial charge on any atom is 0.133 e. The summed E-state index contributed by atoms with van der Waals surface area (Å²) in [4.78, 5) is 11.6. The van der Waals surface area contributed by atoms with Crippen LogP contribution in [0.1, 0.15) is 52.9 Å². The van der Waals surface area contributed by atoms with Gasteiger partial charge in [0, 0.05) is 12.8 Å². The lowest BCUT2D eigenvalue weighted by Gasteiger charge is -2.18. The Kier molecular flexibility index (Phi) is 4.78. The lowest BCUT2D eigenvalue weighted by Crippen LogP contribution is -2.15. The number of ketones is 1. The van der Waals surface area contributed by atoms with E-state index in [-0.39, 0.29) is 6.10 Å². The second-order valence-corrected chi connectivity index (χ2v) is 5.55. The molecule has 0 amide bonds. The van der Waals surface area contributed by atoms with E-state index in [2.05, 4.69) is 20.8 Å². The van der Waals surface area contributed by atoms with Gasteiger partial charge in [-0.25, -0.2) is 0 Å². The normalized spacial score (nSPS) is 28.3. The first kappa shape index (κ1) is 12.7. The van der Waals surface area contributed by atoms with Gasteiger partial charge in [-0.1, -0.05) is 20.8 Å². The predicted molar refractivity (Wildman–Crippen MR) is 61.6 cm³/mol. The molecule has 0 radical (unpaired) electrons. The van der Waals surface area contributed by atoms with Crippen LogP contribution in [0.25, 0.3) is 0 Å². The van der Waals surface area contributed by atoms with E-state index in [9.17, 15) is 9.90 Å². The molecule has 1 aliphatic carbocycles. The average molecular weight is 212 g/mol. The number of Topliss-reactive ketones (excluding diaryl/α,β-unsaturated/α-hetero) is 1. The Morgan fingerprint density at radius 1 is 1.27 bits per heavy atom. The highest BCUT2D eigenvalue weighted by Crippen LogP contribution is 2.33. The zero-order valence-electron chi connectivity index (χ0n) is 10.2. The van der Waals surface area contributed by atoms with Gasteiger partial charge >= 0.3 is 0 Å². The third-order valence-corrected chi connectivity index (χ3v) is 3.44. The predicted octanol–water partition coefficient (Wildman–Crippen LogP) is 2.79. The Hall–Kier alpha value is -0.370. The minimum absolute atomic E-state index is 0.113. The second-order valence-electron chi connectivity index (χ2n) is 5.55. The summed E-state index contributed by atoms with van der Waals surface area (Å²) in [6.07, 6.45) is 4.22. The van der Waals surface area contributed by atoms with Gasteiger partial charge in [-0.15, -0.1) is 0 Å². The van der Waals surface area contributed by atoms with Crippen LogP contribution in [0.3, 0.4) is 0 Å².